The topological polar surface area (TPSA) is 79.8 Å². The fraction of sp³-hybridized carbons (Fsp3) is 0.647. The zero-order valence-electron chi connectivity index (χ0n) is 14.9. The number of ether oxygens (including phenoxy) is 1. The van der Waals surface area contributed by atoms with Gasteiger partial charge in [0, 0.05) is 38.1 Å². The van der Waals surface area contributed by atoms with E-state index in [0.717, 1.165) is 5.56 Å². The lowest BCUT2D eigenvalue weighted by molar-refractivity contribution is -0.0105. The summed E-state index contributed by atoms with van der Waals surface area (Å²) < 4.78 is 29.9. The van der Waals surface area contributed by atoms with E-state index in [1.165, 1.54) is 0 Å². The van der Waals surface area contributed by atoms with Crippen molar-refractivity contribution in [2.75, 3.05) is 24.6 Å². The number of piperazine rings is 1. The predicted octanol–water partition coefficient (Wildman–Crippen LogP) is 1.30. The van der Waals surface area contributed by atoms with Crippen LogP contribution in [0.2, 0.25) is 0 Å². The number of pyridine rings is 1. The summed E-state index contributed by atoms with van der Waals surface area (Å²) >= 11 is 0. The molecule has 0 radical (unpaired) electrons. The van der Waals surface area contributed by atoms with Gasteiger partial charge in [0.2, 0.25) is 0 Å². The number of carbonyl (C=O) groups excluding carboxylic acids is 1. The van der Waals surface area contributed by atoms with Gasteiger partial charge in [0.05, 0.1) is 17.5 Å². The SMILES string of the molecule is CC(C)(C)OC(=O)N1CCN(Cc2ccncc2)[C@@H]2CS(=O)(=O)C[C@@H]21. The Hall–Kier alpha value is -1.67. The third-order valence-corrected chi connectivity index (χ3v) is 6.25. The first kappa shape index (κ1) is 18.1. The quantitative estimate of drug-likeness (QED) is 0.784. The molecule has 2 aliphatic rings. The molecule has 2 fully saturated rings. The molecule has 0 aromatic carbocycles. The summed E-state index contributed by atoms with van der Waals surface area (Å²) in [6, 6.07) is 3.31. The van der Waals surface area contributed by atoms with Crippen LogP contribution in [0, 0.1) is 0 Å². The van der Waals surface area contributed by atoms with Crippen LogP contribution < -0.4 is 0 Å². The highest BCUT2D eigenvalue weighted by Gasteiger charge is 2.48. The maximum Gasteiger partial charge on any atom is 0.410 e. The number of hydrogen-bond acceptors (Lipinski definition) is 6. The van der Waals surface area contributed by atoms with Gasteiger partial charge < -0.3 is 9.64 Å². The number of aromatic nitrogens is 1. The Morgan fingerprint density at radius 2 is 1.84 bits per heavy atom. The normalized spacial score (nSPS) is 26.3. The molecule has 2 atom stereocenters. The van der Waals surface area contributed by atoms with Gasteiger partial charge in [-0.15, -0.1) is 0 Å². The molecule has 138 valence electrons. The number of sulfone groups is 1. The zero-order valence-corrected chi connectivity index (χ0v) is 15.7. The van der Waals surface area contributed by atoms with E-state index >= 15 is 0 Å². The smallest absolute Gasteiger partial charge is 0.410 e. The van der Waals surface area contributed by atoms with Crippen LogP contribution in [-0.4, -0.2) is 71.6 Å². The molecule has 0 spiro atoms. The highest BCUT2D eigenvalue weighted by atomic mass is 32.2. The summed E-state index contributed by atoms with van der Waals surface area (Å²) in [6.45, 7) is 7.19. The number of fused-ring (bicyclic) bond motifs is 1. The Morgan fingerprint density at radius 3 is 2.48 bits per heavy atom. The van der Waals surface area contributed by atoms with Gasteiger partial charge in [-0.05, 0) is 38.5 Å². The molecular formula is C17H25N3O4S. The van der Waals surface area contributed by atoms with Crippen molar-refractivity contribution in [1.29, 1.82) is 0 Å². The Balaban J connectivity index is 1.79. The molecule has 0 bridgehead atoms. The Kier molecular flexibility index (Phi) is 4.76. The Morgan fingerprint density at radius 1 is 1.20 bits per heavy atom. The molecule has 1 amide bonds. The van der Waals surface area contributed by atoms with Crippen molar-refractivity contribution in [2.45, 2.75) is 45.0 Å². The number of amides is 1. The third kappa shape index (κ3) is 4.30. The minimum Gasteiger partial charge on any atom is -0.444 e. The number of nitrogens with zero attached hydrogens (tertiary/aromatic N) is 3. The van der Waals surface area contributed by atoms with Crippen LogP contribution in [0.5, 0.6) is 0 Å². The van der Waals surface area contributed by atoms with Gasteiger partial charge in [-0.2, -0.15) is 0 Å². The van der Waals surface area contributed by atoms with Crippen molar-refractivity contribution in [3.63, 3.8) is 0 Å². The van der Waals surface area contributed by atoms with Crippen LogP contribution in [0.4, 0.5) is 4.79 Å². The fourth-order valence-electron chi connectivity index (χ4n) is 3.49. The van der Waals surface area contributed by atoms with Crippen LogP contribution in [0.1, 0.15) is 26.3 Å². The van der Waals surface area contributed by atoms with E-state index in [-0.39, 0.29) is 23.6 Å². The monoisotopic (exact) mass is 367 g/mol. The summed E-state index contributed by atoms with van der Waals surface area (Å²) in [6.07, 6.45) is 3.03. The summed E-state index contributed by atoms with van der Waals surface area (Å²) in [5.41, 5.74) is 0.488. The molecule has 0 aliphatic carbocycles. The van der Waals surface area contributed by atoms with Gasteiger partial charge in [0.25, 0.3) is 0 Å². The number of hydrogen-bond donors (Lipinski definition) is 0. The van der Waals surface area contributed by atoms with Crippen LogP contribution in [0.3, 0.4) is 0 Å². The van der Waals surface area contributed by atoms with E-state index < -0.39 is 21.5 Å². The second kappa shape index (κ2) is 6.57. The van der Waals surface area contributed by atoms with E-state index in [1.54, 1.807) is 17.3 Å². The number of carbonyl (C=O) groups is 1. The van der Waals surface area contributed by atoms with Gasteiger partial charge in [-0.1, -0.05) is 0 Å². The Labute approximate surface area is 148 Å². The van der Waals surface area contributed by atoms with Crippen LogP contribution in [-0.2, 0) is 21.1 Å². The zero-order chi connectivity index (χ0) is 18.2. The lowest BCUT2D eigenvalue weighted by Crippen LogP contribution is -2.60. The van der Waals surface area contributed by atoms with Gasteiger partial charge in [-0.25, -0.2) is 13.2 Å². The average Bonchev–Trinajstić information content (AvgIpc) is 2.82. The molecular weight excluding hydrogens is 342 g/mol. The summed E-state index contributed by atoms with van der Waals surface area (Å²) in [7, 11) is -3.17. The maximum atomic E-state index is 12.5. The van der Waals surface area contributed by atoms with E-state index in [1.807, 2.05) is 32.9 Å². The molecule has 0 N–H and O–H groups in total. The molecule has 0 unspecified atom stereocenters. The first-order chi connectivity index (χ1) is 11.6. The van der Waals surface area contributed by atoms with Gasteiger partial charge in [0.1, 0.15) is 5.60 Å². The second-order valence-corrected chi connectivity index (χ2v) is 9.87. The Bertz CT molecular complexity index is 730. The molecule has 7 nitrogen and oxygen atoms in total. The minimum atomic E-state index is -3.17. The van der Waals surface area contributed by atoms with Crippen LogP contribution in [0.15, 0.2) is 24.5 Å². The van der Waals surface area contributed by atoms with Gasteiger partial charge >= 0.3 is 6.09 Å². The third-order valence-electron chi connectivity index (χ3n) is 4.55. The van der Waals surface area contributed by atoms with E-state index in [2.05, 4.69) is 9.88 Å². The molecule has 1 aromatic heterocycles. The predicted molar refractivity (Wildman–Crippen MR) is 93.8 cm³/mol. The van der Waals surface area contributed by atoms with Crippen molar-refractivity contribution >= 4 is 15.9 Å². The van der Waals surface area contributed by atoms with Crippen molar-refractivity contribution in [1.82, 2.24) is 14.8 Å². The highest BCUT2D eigenvalue weighted by Crippen LogP contribution is 2.29. The number of rotatable bonds is 2. The minimum absolute atomic E-state index is 0.00372. The molecule has 2 aliphatic heterocycles. The summed E-state index contributed by atoms with van der Waals surface area (Å²) in [5, 5.41) is 0. The fourth-order valence-corrected chi connectivity index (χ4v) is 5.50. The van der Waals surface area contributed by atoms with E-state index in [0.29, 0.717) is 19.6 Å². The molecule has 25 heavy (non-hydrogen) atoms. The van der Waals surface area contributed by atoms with Crippen LogP contribution >= 0.6 is 0 Å². The standard InChI is InChI=1S/C17H25N3O4S/c1-17(2,3)24-16(21)20-9-8-19(10-13-4-6-18-7-5-13)14-11-25(22,23)12-15(14)20/h4-7,14-15H,8-12H2,1-3H3/t14-,15+/m1/s1. The first-order valence-electron chi connectivity index (χ1n) is 8.48. The summed E-state index contributed by atoms with van der Waals surface area (Å²) in [4.78, 5) is 20.3. The van der Waals surface area contributed by atoms with Gasteiger partial charge in [-0.3, -0.25) is 9.88 Å². The molecule has 3 heterocycles. The molecule has 2 saturated heterocycles. The maximum absolute atomic E-state index is 12.5. The highest BCUT2D eigenvalue weighted by molar-refractivity contribution is 7.91. The van der Waals surface area contributed by atoms with E-state index in [9.17, 15) is 13.2 Å². The second-order valence-electron chi connectivity index (χ2n) is 7.71. The van der Waals surface area contributed by atoms with Crippen molar-refractivity contribution in [3.05, 3.63) is 30.1 Å². The van der Waals surface area contributed by atoms with Gasteiger partial charge in [0.15, 0.2) is 9.84 Å². The molecule has 1 aromatic rings. The lowest BCUT2D eigenvalue weighted by Gasteiger charge is -2.44. The largest absolute Gasteiger partial charge is 0.444 e. The van der Waals surface area contributed by atoms with Crippen molar-refractivity contribution in [2.24, 2.45) is 0 Å². The summed E-state index contributed by atoms with van der Waals surface area (Å²) in [5.74, 6) is 0.0891. The average molecular weight is 367 g/mol. The van der Waals surface area contributed by atoms with E-state index in [4.69, 9.17) is 4.74 Å². The van der Waals surface area contributed by atoms with Crippen molar-refractivity contribution < 1.29 is 17.9 Å². The molecule has 3 rings (SSSR count). The van der Waals surface area contributed by atoms with Crippen molar-refractivity contribution in [3.8, 4) is 0 Å². The lowest BCUT2D eigenvalue weighted by atomic mass is 10.0. The first-order valence-corrected chi connectivity index (χ1v) is 10.3. The van der Waals surface area contributed by atoms with Crippen LogP contribution in [0.25, 0.3) is 0 Å². The molecule has 8 heteroatoms. The molecule has 0 saturated carbocycles.